The van der Waals surface area contributed by atoms with Crippen molar-refractivity contribution >= 4 is 28.3 Å². The second kappa shape index (κ2) is 4.55. The standard InChI is InChI=1S/C14H13ClN4/c1-18(2)13-11-9-10(15)5-6-12(11)16-14(17-13)19-7-3-4-8-19/h3-9H,1-2H3. The van der Waals surface area contributed by atoms with Crippen LogP contribution in [0.2, 0.25) is 5.02 Å². The van der Waals surface area contributed by atoms with E-state index in [9.17, 15) is 0 Å². The lowest BCUT2D eigenvalue weighted by Gasteiger charge is -2.15. The van der Waals surface area contributed by atoms with Gasteiger partial charge in [-0.05, 0) is 30.3 Å². The van der Waals surface area contributed by atoms with Crippen LogP contribution >= 0.6 is 11.6 Å². The molecule has 96 valence electrons. The molecule has 0 amide bonds. The Bertz CT molecular complexity index is 720. The highest BCUT2D eigenvalue weighted by Crippen LogP contribution is 2.26. The van der Waals surface area contributed by atoms with Gasteiger partial charge in [0.05, 0.1) is 5.52 Å². The summed E-state index contributed by atoms with van der Waals surface area (Å²) in [6.45, 7) is 0. The van der Waals surface area contributed by atoms with E-state index in [1.165, 1.54) is 0 Å². The lowest BCUT2D eigenvalue weighted by molar-refractivity contribution is 0.934. The number of halogens is 1. The zero-order chi connectivity index (χ0) is 13.4. The fourth-order valence-corrected chi connectivity index (χ4v) is 2.17. The van der Waals surface area contributed by atoms with Crippen molar-refractivity contribution in [3.8, 4) is 5.95 Å². The minimum absolute atomic E-state index is 0.656. The van der Waals surface area contributed by atoms with Crippen LogP contribution in [0, 0.1) is 0 Å². The van der Waals surface area contributed by atoms with Crippen molar-refractivity contribution in [2.75, 3.05) is 19.0 Å². The number of nitrogens with zero attached hydrogens (tertiary/aromatic N) is 4. The molecule has 0 aliphatic heterocycles. The normalized spacial score (nSPS) is 10.9. The number of aromatic nitrogens is 3. The van der Waals surface area contributed by atoms with Gasteiger partial charge in [0.25, 0.3) is 0 Å². The highest BCUT2D eigenvalue weighted by molar-refractivity contribution is 6.31. The van der Waals surface area contributed by atoms with E-state index in [-0.39, 0.29) is 0 Å². The molecule has 3 rings (SSSR count). The third kappa shape index (κ3) is 2.15. The van der Waals surface area contributed by atoms with Crippen molar-refractivity contribution < 1.29 is 0 Å². The van der Waals surface area contributed by atoms with Crippen molar-refractivity contribution in [3.63, 3.8) is 0 Å². The smallest absolute Gasteiger partial charge is 0.236 e. The molecule has 0 spiro atoms. The SMILES string of the molecule is CN(C)c1nc(-n2cccc2)nc2ccc(Cl)cc12. The van der Waals surface area contributed by atoms with Crippen molar-refractivity contribution in [1.29, 1.82) is 0 Å². The van der Waals surface area contributed by atoms with Crippen LogP contribution in [0.5, 0.6) is 0 Å². The summed E-state index contributed by atoms with van der Waals surface area (Å²) in [6.07, 6.45) is 3.85. The lowest BCUT2D eigenvalue weighted by atomic mass is 10.2. The summed E-state index contributed by atoms with van der Waals surface area (Å²) < 4.78 is 1.89. The van der Waals surface area contributed by atoms with E-state index in [1.54, 1.807) is 0 Å². The quantitative estimate of drug-likeness (QED) is 0.719. The summed E-state index contributed by atoms with van der Waals surface area (Å²) in [7, 11) is 3.92. The van der Waals surface area contributed by atoms with Crippen LogP contribution in [0.1, 0.15) is 0 Å². The molecule has 0 aliphatic rings. The van der Waals surface area contributed by atoms with E-state index >= 15 is 0 Å². The highest BCUT2D eigenvalue weighted by atomic mass is 35.5. The van der Waals surface area contributed by atoms with Gasteiger partial charge in [0.2, 0.25) is 5.95 Å². The van der Waals surface area contributed by atoms with Crippen molar-refractivity contribution in [2.24, 2.45) is 0 Å². The third-order valence-electron chi connectivity index (χ3n) is 2.88. The number of anilines is 1. The molecular weight excluding hydrogens is 260 g/mol. The van der Waals surface area contributed by atoms with Gasteiger partial charge in [0.15, 0.2) is 0 Å². The molecule has 19 heavy (non-hydrogen) atoms. The molecule has 0 saturated heterocycles. The second-order valence-corrected chi connectivity index (χ2v) is 4.93. The van der Waals surface area contributed by atoms with E-state index in [0.717, 1.165) is 16.7 Å². The maximum atomic E-state index is 6.06. The van der Waals surface area contributed by atoms with E-state index in [0.29, 0.717) is 11.0 Å². The monoisotopic (exact) mass is 272 g/mol. The predicted molar refractivity (Wildman–Crippen MR) is 78.2 cm³/mol. The molecule has 4 nitrogen and oxygen atoms in total. The third-order valence-corrected chi connectivity index (χ3v) is 3.12. The van der Waals surface area contributed by atoms with E-state index in [1.807, 2.05) is 66.3 Å². The van der Waals surface area contributed by atoms with Gasteiger partial charge in [-0.15, -0.1) is 0 Å². The van der Waals surface area contributed by atoms with Crippen LogP contribution in [0.3, 0.4) is 0 Å². The number of fused-ring (bicyclic) bond motifs is 1. The number of hydrogen-bond donors (Lipinski definition) is 0. The molecule has 0 unspecified atom stereocenters. The number of hydrogen-bond acceptors (Lipinski definition) is 3. The number of benzene rings is 1. The maximum Gasteiger partial charge on any atom is 0.236 e. The summed E-state index contributed by atoms with van der Waals surface area (Å²) >= 11 is 6.06. The molecule has 0 N–H and O–H groups in total. The molecule has 2 heterocycles. The Morgan fingerprint density at radius 3 is 2.53 bits per heavy atom. The fourth-order valence-electron chi connectivity index (χ4n) is 2.00. The first-order valence-electron chi connectivity index (χ1n) is 5.93. The van der Waals surface area contributed by atoms with Crippen molar-refractivity contribution in [2.45, 2.75) is 0 Å². The largest absolute Gasteiger partial charge is 0.362 e. The Kier molecular flexibility index (Phi) is 2.87. The predicted octanol–water partition coefficient (Wildman–Crippen LogP) is 3.14. The van der Waals surface area contributed by atoms with Gasteiger partial charge in [0, 0.05) is 36.9 Å². The van der Waals surface area contributed by atoms with Crippen LogP contribution in [-0.4, -0.2) is 28.6 Å². The minimum atomic E-state index is 0.656. The van der Waals surface area contributed by atoms with Crippen molar-refractivity contribution in [1.82, 2.24) is 14.5 Å². The van der Waals surface area contributed by atoms with Gasteiger partial charge in [0.1, 0.15) is 5.82 Å². The summed E-state index contributed by atoms with van der Waals surface area (Å²) in [5.74, 6) is 1.51. The van der Waals surface area contributed by atoms with E-state index < -0.39 is 0 Å². The summed E-state index contributed by atoms with van der Waals surface area (Å²) in [6, 6.07) is 9.55. The molecule has 0 bridgehead atoms. The molecule has 0 aliphatic carbocycles. The van der Waals surface area contributed by atoms with Gasteiger partial charge < -0.3 is 4.90 Å². The molecule has 0 radical (unpaired) electrons. The average Bonchev–Trinajstić information content (AvgIpc) is 2.91. The Morgan fingerprint density at radius 1 is 1.11 bits per heavy atom. The molecule has 0 atom stereocenters. The summed E-state index contributed by atoms with van der Waals surface area (Å²) in [4.78, 5) is 11.1. The van der Waals surface area contributed by atoms with E-state index in [2.05, 4.69) is 9.97 Å². The minimum Gasteiger partial charge on any atom is -0.362 e. The van der Waals surface area contributed by atoms with Crippen LogP contribution in [0.4, 0.5) is 5.82 Å². The fraction of sp³-hybridized carbons (Fsp3) is 0.143. The van der Waals surface area contributed by atoms with Crippen LogP contribution in [0.15, 0.2) is 42.7 Å². The Balaban J connectivity index is 2.31. The molecule has 1 aromatic carbocycles. The van der Waals surface area contributed by atoms with Crippen molar-refractivity contribution in [3.05, 3.63) is 47.7 Å². The van der Waals surface area contributed by atoms with Gasteiger partial charge in [-0.2, -0.15) is 4.98 Å². The maximum absolute atomic E-state index is 6.06. The lowest BCUT2D eigenvalue weighted by Crippen LogP contribution is -2.13. The summed E-state index contributed by atoms with van der Waals surface area (Å²) in [5.41, 5.74) is 0.881. The van der Waals surface area contributed by atoms with Crippen LogP contribution in [0.25, 0.3) is 16.9 Å². The van der Waals surface area contributed by atoms with Gasteiger partial charge in [-0.1, -0.05) is 11.6 Å². The first kappa shape index (κ1) is 12.0. The zero-order valence-corrected chi connectivity index (χ0v) is 11.5. The first-order valence-corrected chi connectivity index (χ1v) is 6.31. The highest BCUT2D eigenvalue weighted by Gasteiger charge is 2.10. The second-order valence-electron chi connectivity index (χ2n) is 4.49. The summed E-state index contributed by atoms with van der Waals surface area (Å²) in [5, 5.41) is 1.64. The van der Waals surface area contributed by atoms with Gasteiger partial charge in [-0.3, -0.25) is 4.57 Å². The Labute approximate surface area is 116 Å². The van der Waals surface area contributed by atoms with Crippen LogP contribution < -0.4 is 4.90 Å². The van der Waals surface area contributed by atoms with E-state index in [4.69, 9.17) is 11.6 Å². The Morgan fingerprint density at radius 2 is 1.84 bits per heavy atom. The Hall–Kier alpha value is -2.07. The zero-order valence-electron chi connectivity index (χ0n) is 10.7. The molecule has 3 aromatic rings. The first-order chi connectivity index (χ1) is 9.15. The number of rotatable bonds is 2. The van der Waals surface area contributed by atoms with Crippen LogP contribution in [-0.2, 0) is 0 Å². The molecule has 0 fully saturated rings. The average molecular weight is 273 g/mol. The molecule has 5 heteroatoms. The van der Waals surface area contributed by atoms with Gasteiger partial charge >= 0.3 is 0 Å². The van der Waals surface area contributed by atoms with Gasteiger partial charge in [-0.25, -0.2) is 4.98 Å². The topological polar surface area (TPSA) is 34.0 Å². The molecular formula is C14H13ClN4. The molecule has 0 saturated carbocycles. The molecule has 2 aromatic heterocycles.